The molecule has 10 heteroatoms. The summed E-state index contributed by atoms with van der Waals surface area (Å²) in [5.74, 6) is -0.391. The molecule has 1 heterocycles. The molecule has 0 fully saturated rings. The van der Waals surface area contributed by atoms with Gasteiger partial charge in [0.15, 0.2) is 0 Å². The summed E-state index contributed by atoms with van der Waals surface area (Å²) in [7, 11) is 0. The number of rotatable bonds is 7. The van der Waals surface area contributed by atoms with Crippen molar-refractivity contribution in [1.82, 2.24) is 20.1 Å². The number of halogens is 1. The van der Waals surface area contributed by atoms with Crippen LogP contribution in [0.1, 0.15) is 37.0 Å². The van der Waals surface area contributed by atoms with Crippen LogP contribution < -0.4 is 11.1 Å². The first-order chi connectivity index (χ1) is 11.5. The van der Waals surface area contributed by atoms with Crippen LogP contribution in [0, 0.1) is 10.1 Å². The van der Waals surface area contributed by atoms with Gasteiger partial charge in [-0.2, -0.15) is 5.10 Å². The van der Waals surface area contributed by atoms with Crippen molar-refractivity contribution in [2.24, 2.45) is 5.73 Å². The number of nitro groups is 1. The molecule has 9 nitrogen and oxygen atoms in total. The van der Waals surface area contributed by atoms with Gasteiger partial charge in [-0.15, -0.1) is 12.4 Å². The van der Waals surface area contributed by atoms with Crippen molar-refractivity contribution in [3.8, 4) is 5.69 Å². The highest BCUT2D eigenvalue weighted by Gasteiger charge is 2.28. The SMILES string of the molecule is CCC(CC)(CN)NC(=O)c1ccc(-n2cncn2)c([N+](=O)[O-])c1.Cl. The minimum absolute atomic E-state index is 0. The van der Waals surface area contributed by atoms with Gasteiger partial charge in [-0.25, -0.2) is 9.67 Å². The van der Waals surface area contributed by atoms with E-state index in [2.05, 4.69) is 15.4 Å². The maximum absolute atomic E-state index is 12.5. The summed E-state index contributed by atoms with van der Waals surface area (Å²) in [5.41, 5.74) is 5.48. The second-order valence-electron chi connectivity index (χ2n) is 5.45. The van der Waals surface area contributed by atoms with E-state index in [1.807, 2.05) is 13.8 Å². The first-order valence-corrected chi connectivity index (χ1v) is 7.62. The number of benzene rings is 1. The van der Waals surface area contributed by atoms with Gasteiger partial charge >= 0.3 is 0 Å². The molecule has 0 radical (unpaired) electrons. The van der Waals surface area contributed by atoms with E-state index >= 15 is 0 Å². The Morgan fingerprint density at radius 3 is 2.56 bits per heavy atom. The Morgan fingerprint density at radius 1 is 1.40 bits per heavy atom. The highest BCUT2D eigenvalue weighted by atomic mass is 35.5. The van der Waals surface area contributed by atoms with Crippen LogP contribution in [0.3, 0.4) is 0 Å². The summed E-state index contributed by atoms with van der Waals surface area (Å²) in [6.07, 6.45) is 3.98. The molecule has 1 aromatic heterocycles. The van der Waals surface area contributed by atoms with E-state index < -0.39 is 16.4 Å². The Hall–Kier alpha value is -2.52. The van der Waals surface area contributed by atoms with Gasteiger partial charge in [-0.05, 0) is 25.0 Å². The van der Waals surface area contributed by atoms with Gasteiger partial charge in [0, 0.05) is 18.2 Å². The summed E-state index contributed by atoms with van der Waals surface area (Å²) in [5, 5.41) is 18.1. The number of amides is 1. The van der Waals surface area contributed by atoms with Crippen molar-refractivity contribution in [3.63, 3.8) is 0 Å². The third-order valence-electron chi connectivity index (χ3n) is 4.22. The van der Waals surface area contributed by atoms with Gasteiger partial charge < -0.3 is 11.1 Å². The Labute approximate surface area is 151 Å². The smallest absolute Gasteiger partial charge is 0.295 e. The molecule has 3 N–H and O–H groups in total. The van der Waals surface area contributed by atoms with Gasteiger partial charge in [0.2, 0.25) is 0 Å². The molecule has 0 aliphatic rings. The van der Waals surface area contributed by atoms with E-state index in [9.17, 15) is 14.9 Å². The zero-order valence-corrected chi connectivity index (χ0v) is 14.8. The van der Waals surface area contributed by atoms with Crippen LogP contribution in [0.4, 0.5) is 5.69 Å². The van der Waals surface area contributed by atoms with Crippen molar-refractivity contribution in [1.29, 1.82) is 0 Å². The normalized spacial score (nSPS) is 10.8. The van der Waals surface area contributed by atoms with E-state index in [0.29, 0.717) is 19.4 Å². The fourth-order valence-corrected chi connectivity index (χ4v) is 2.42. The zero-order valence-electron chi connectivity index (χ0n) is 14.0. The first-order valence-electron chi connectivity index (χ1n) is 7.62. The number of carbonyl (C=O) groups excluding carboxylic acids is 1. The van der Waals surface area contributed by atoms with Gasteiger partial charge in [-0.1, -0.05) is 13.8 Å². The second-order valence-corrected chi connectivity index (χ2v) is 5.45. The predicted octanol–water partition coefficient (Wildman–Crippen LogP) is 1.84. The maximum atomic E-state index is 12.5. The Kier molecular flexibility index (Phi) is 7.01. The molecule has 0 bridgehead atoms. The number of aromatic nitrogens is 3. The second kappa shape index (κ2) is 8.54. The van der Waals surface area contributed by atoms with Crippen LogP contribution >= 0.6 is 12.4 Å². The molecule has 2 aromatic rings. The number of nitrogens with two attached hydrogens (primary N) is 1. The van der Waals surface area contributed by atoms with E-state index in [4.69, 9.17) is 5.73 Å². The molecule has 0 unspecified atom stereocenters. The number of hydrogen-bond donors (Lipinski definition) is 2. The third-order valence-corrected chi connectivity index (χ3v) is 4.22. The zero-order chi connectivity index (χ0) is 17.7. The quantitative estimate of drug-likeness (QED) is 0.566. The van der Waals surface area contributed by atoms with Crippen molar-refractivity contribution in [3.05, 3.63) is 46.5 Å². The fraction of sp³-hybridized carbons (Fsp3) is 0.400. The summed E-state index contributed by atoms with van der Waals surface area (Å²) in [6.45, 7) is 4.17. The molecule has 0 spiro atoms. The van der Waals surface area contributed by atoms with Crippen molar-refractivity contribution in [2.75, 3.05) is 6.54 Å². The molecule has 2 rings (SSSR count). The Morgan fingerprint density at radius 2 is 2.08 bits per heavy atom. The van der Waals surface area contributed by atoms with Crippen molar-refractivity contribution < 1.29 is 9.72 Å². The summed E-state index contributed by atoms with van der Waals surface area (Å²) >= 11 is 0. The lowest BCUT2D eigenvalue weighted by Crippen LogP contribution is -2.52. The van der Waals surface area contributed by atoms with E-state index in [1.54, 1.807) is 0 Å². The largest absolute Gasteiger partial charge is 0.345 e. The molecule has 0 atom stereocenters. The lowest BCUT2D eigenvalue weighted by atomic mass is 9.92. The highest BCUT2D eigenvalue weighted by molar-refractivity contribution is 5.95. The Balaban J connectivity index is 0.00000312. The number of nitro benzene ring substituents is 1. The lowest BCUT2D eigenvalue weighted by molar-refractivity contribution is -0.384. The molecule has 0 saturated carbocycles. The van der Waals surface area contributed by atoms with E-state index in [0.717, 1.165) is 0 Å². The maximum Gasteiger partial charge on any atom is 0.295 e. The Bertz CT molecular complexity index is 723. The molecule has 1 amide bonds. The highest BCUT2D eigenvalue weighted by Crippen LogP contribution is 2.24. The summed E-state index contributed by atoms with van der Waals surface area (Å²) in [6, 6.07) is 4.23. The van der Waals surface area contributed by atoms with Crippen LogP contribution in [0.15, 0.2) is 30.9 Å². The standard InChI is InChI=1S/C15H20N6O3.ClH/c1-3-15(4-2,8-16)19-14(22)11-5-6-12(13(7-11)21(23)24)20-10-17-9-18-20;/h5-7,9-10H,3-4,8,16H2,1-2H3,(H,19,22);1H. The average Bonchev–Trinajstić information content (AvgIpc) is 3.13. The van der Waals surface area contributed by atoms with Gasteiger partial charge in [0.25, 0.3) is 11.6 Å². The van der Waals surface area contributed by atoms with Crippen LogP contribution in [0.2, 0.25) is 0 Å². The van der Waals surface area contributed by atoms with Crippen molar-refractivity contribution >= 4 is 24.0 Å². The molecule has 0 saturated heterocycles. The third kappa shape index (κ3) is 4.31. The number of nitrogens with one attached hydrogen (secondary N) is 1. The number of carbonyl (C=O) groups is 1. The molecular weight excluding hydrogens is 348 g/mol. The predicted molar refractivity (Wildman–Crippen MR) is 95.1 cm³/mol. The molecule has 25 heavy (non-hydrogen) atoms. The average molecular weight is 369 g/mol. The van der Waals surface area contributed by atoms with Crippen LogP contribution in [-0.4, -0.2) is 37.7 Å². The van der Waals surface area contributed by atoms with Crippen LogP contribution in [0.25, 0.3) is 5.69 Å². The topological polar surface area (TPSA) is 129 Å². The van der Waals surface area contributed by atoms with Gasteiger partial charge in [0.1, 0.15) is 18.3 Å². The van der Waals surface area contributed by atoms with Crippen molar-refractivity contribution in [2.45, 2.75) is 32.2 Å². The molecule has 1 aromatic carbocycles. The molecule has 0 aliphatic carbocycles. The van der Waals surface area contributed by atoms with Gasteiger partial charge in [0.05, 0.1) is 10.5 Å². The van der Waals surface area contributed by atoms with Crippen LogP contribution in [-0.2, 0) is 0 Å². The summed E-state index contributed by atoms with van der Waals surface area (Å²) in [4.78, 5) is 27.0. The summed E-state index contributed by atoms with van der Waals surface area (Å²) < 4.78 is 1.28. The molecule has 136 valence electrons. The minimum atomic E-state index is -0.552. The monoisotopic (exact) mass is 368 g/mol. The fourth-order valence-electron chi connectivity index (χ4n) is 2.42. The number of nitrogens with zero attached hydrogens (tertiary/aromatic N) is 4. The lowest BCUT2D eigenvalue weighted by Gasteiger charge is -2.31. The first kappa shape index (κ1) is 20.5. The van der Waals surface area contributed by atoms with Crippen LogP contribution in [0.5, 0.6) is 0 Å². The number of hydrogen-bond acceptors (Lipinski definition) is 6. The minimum Gasteiger partial charge on any atom is -0.345 e. The molecule has 0 aliphatic heterocycles. The molecular formula is C15H21ClN6O3. The van der Waals surface area contributed by atoms with Gasteiger partial charge in [-0.3, -0.25) is 14.9 Å². The van der Waals surface area contributed by atoms with E-state index in [-0.39, 0.29) is 29.3 Å². The van der Waals surface area contributed by atoms with E-state index in [1.165, 1.54) is 35.5 Å².